The largest absolute Gasteiger partial charge is 0.361 e. The lowest BCUT2D eigenvalue weighted by atomic mass is 10.1. The number of sulfonamides is 1. The van der Waals surface area contributed by atoms with Crippen molar-refractivity contribution in [3.63, 3.8) is 0 Å². The Balaban J connectivity index is 2.47. The lowest BCUT2D eigenvalue weighted by molar-refractivity contribution is 0.414. The van der Waals surface area contributed by atoms with Crippen LogP contribution in [0.25, 0.3) is 10.9 Å². The van der Waals surface area contributed by atoms with Gasteiger partial charge in [-0.1, -0.05) is 6.07 Å². The van der Waals surface area contributed by atoms with Gasteiger partial charge < -0.3 is 9.88 Å². The maximum atomic E-state index is 11.9. The Morgan fingerprint density at radius 1 is 1.50 bits per heavy atom. The van der Waals surface area contributed by atoms with Crippen molar-refractivity contribution in [1.82, 2.24) is 14.6 Å². The second-order valence-electron chi connectivity index (χ2n) is 5.02. The Kier molecular flexibility index (Phi) is 3.36. The smallest absolute Gasteiger partial charge is 0.215 e. The number of fused-ring (bicyclic) bond motifs is 1. The van der Waals surface area contributed by atoms with Gasteiger partial charge in [-0.15, -0.1) is 0 Å². The molecule has 0 fully saturated rings. The number of likely N-dealkylation sites (N-methyl/N-ethyl adjacent to an activating group) is 1. The van der Waals surface area contributed by atoms with Crippen LogP contribution >= 0.6 is 0 Å². The summed E-state index contributed by atoms with van der Waals surface area (Å²) in [5.41, 5.74) is 1.87. The monoisotopic (exact) mass is 298 g/mol. The van der Waals surface area contributed by atoms with Gasteiger partial charge in [0.15, 0.2) is 1.41 Å². The van der Waals surface area contributed by atoms with Crippen LogP contribution in [0.1, 0.15) is 12.5 Å². The minimum Gasteiger partial charge on any atom is -0.361 e. The Labute approximate surface area is 124 Å². The summed E-state index contributed by atoms with van der Waals surface area (Å²) in [5.74, 6) is -0.271. The van der Waals surface area contributed by atoms with E-state index < -0.39 is 10.0 Å². The lowest BCUT2D eigenvalue weighted by Crippen LogP contribution is -2.20. The van der Waals surface area contributed by atoms with Gasteiger partial charge in [-0.2, -0.15) is 0 Å². The molecule has 0 aliphatic heterocycles. The van der Waals surface area contributed by atoms with Crippen LogP contribution in [0.5, 0.6) is 0 Å². The van der Waals surface area contributed by atoms with Gasteiger partial charge in [-0.3, -0.25) is 0 Å². The highest BCUT2D eigenvalue weighted by Crippen LogP contribution is 2.21. The Hall–Kier alpha value is -1.37. The molecule has 110 valence electrons. The molecule has 0 saturated carbocycles. The van der Waals surface area contributed by atoms with E-state index in [0.717, 1.165) is 22.5 Å². The molecule has 2 aromatic rings. The summed E-state index contributed by atoms with van der Waals surface area (Å²) in [6, 6.07) is 5.00. The lowest BCUT2D eigenvalue weighted by Gasteiger charge is -2.08. The second-order valence-corrected chi connectivity index (χ2v) is 6.83. The maximum absolute atomic E-state index is 11.9. The predicted octanol–water partition coefficient (Wildman–Crippen LogP) is 1.32. The topological polar surface area (TPSA) is 65.2 Å². The van der Waals surface area contributed by atoms with E-state index in [9.17, 15) is 8.42 Å². The van der Waals surface area contributed by atoms with Crippen molar-refractivity contribution in [2.45, 2.75) is 12.2 Å². The van der Waals surface area contributed by atoms with E-state index >= 15 is 0 Å². The van der Waals surface area contributed by atoms with Crippen LogP contribution in [0.4, 0.5) is 0 Å². The van der Waals surface area contributed by atoms with Crippen LogP contribution in [-0.4, -0.2) is 46.0 Å². The van der Waals surface area contributed by atoms with Crippen molar-refractivity contribution in [2.24, 2.45) is 0 Å². The van der Waals surface area contributed by atoms with Crippen molar-refractivity contribution < 1.29 is 12.6 Å². The summed E-state index contributed by atoms with van der Waals surface area (Å²) < 4.78 is 47.5. The van der Waals surface area contributed by atoms with Crippen LogP contribution in [0, 0.1) is 0 Å². The van der Waals surface area contributed by atoms with Gasteiger partial charge in [0.05, 0.1) is 7.12 Å². The van der Waals surface area contributed by atoms with E-state index in [1.165, 1.54) is 7.05 Å². The molecular formula is C14H21N3O2S. The number of nitrogens with one attached hydrogen (secondary N) is 2. The minimum absolute atomic E-state index is 0.125. The van der Waals surface area contributed by atoms with Crippen molar-refractivity contribution in [3.8, 4) is 0 Å². The molecule has 0 bridgehead atoms. The van der Waals surface area contributed by atoms with E-state index in [2.05, 4.69) is 0 Å². The van der Waals surface area contributed by atoms with Gasteiger partial charge in [0.2, 0.25) is 10.0 Å². The summed E-state index contributed by atoms with van der Waals surface area (Å²) >= 11 is 0. The quantitative estimate of drug-likeness (QED) is 0.845. The summed E-state index contributed by atoms with van der Waals surface area (Å²) in [6.45, 7) is 0.739. The van der Waals surface area contributed by atoms with Crippen LogP contribution in [0.2, 0.25) is 2.82 Å². The third-order valence-electron chi connectivity index (χ3n) is 3.13. The number of aromatic amines is 1. The molecule has 0 spiro atoms. The molecule has 0 amide bonds. The molecule has 0 atom stereocenters. The van der Waals surface area contributed by atoms with Gasteiger partial charge in [0.25, 0.3) is 0 Å². The fraction of sp³-hybridized carbons (Fsp3) is 0.429. The first-order valence-corrected chi connectivity index (χ1v) is 7.96. The van der Waals surface area contributed by atoms with Gasteiger partial charge in [-0.25, -0.2) is 13.1 Å². The third kappa shape index (κ3) is 3.59. The zero-order chi connectivity index (χ0) is 17.4. The highest BCUT2D eigenvalue weighted by Gasteiger charge is 2.11. The fourth-order valence-electron chi connectivity index (χ4n) is 2.00. The Bertz CT molecular complexity index is 816. The van der Waals surface area contributed by atoms with Crippen molar-refractivity contribution in [2.75, 3.05) is 27.7 Å². The van der Waals surface area contributed by atoms with Crippen LogP contribution < -0.4 is 4.72 Å². The van der Waals surface area contributed by atoms with E-state index in [4.69, 9.17) is 4.19 Å². The number of nitrogens with zero attached hydrogens (tertiary/aromatic N) is 1. The molecular weight excluding hydrogens is 274 g/mol. The van der Waals surface area contributed by atoms with E-state index in [1.807, 2.05) is 19.0 Å². The molecule has 0 radical (unpaired) electrons. The second kappa shape index (κ2) is 5.95. The molecule has 0 aliphatic rings. The molecule has 1 aromatic carbocycles. The molecule has 0 aliphatic carbocycles. The minimum atomic E-state index is -3.67. The normalized spacial score (nSPS) is 14.8. The molecule has 6 heteroatoms. The number of rotatable bonds is 6. The molecule has 5 nitrogen and oxygen atoms in total. The molecule has 2 N–H and O–H groups in total. The number of aromatic nitrogens is 1. The van der Waals surface area contributed by atoms with Gasteiger partial charge in [-0.05, 0) is 50.8 Å². The first-order valence-electron chi connectivity index (χ1n) is 7.75. The summed E-state index contributed by atoms with van der Waals surface area (Å²) in [5, 5.41) is 0.729. The van der Waals surface area contributed by atoms with Gasteiger partial charge >= 0.3 is 0 Å². The predicted molar refractivity (Wildman–Crippen MR) is 82.2 cm³/mol. The highest BCUT2D eigenvalue weighted by atomic mass is 32.2. The van der Waals surface area contributed by atoms with Crippen LogP contribution in [-0.2, 0) is 22.2 Å². The molecule has 20 heavy (non-hydrogen) atoms. The third-order valence-corrected chi connectivity index (χ3v) is 4.39. The van der Waals surface area contributed by atoms with E-state index in [1.54, 1.807) is 18.2 Å². The number of hydrogen-bond donors (Lipinski definition) is 2. The van der Waals surface area contributed by atoms with Gasteiger partial charge in [0, 0.05) is 23.6 Å². The summed E-state index contributed by atoms with van der Waals surface area (Å²) in [6.07, 6.45) is 0.738. The number of hydrogen-bond acceptors (Lipinski definition) is 3. The maximum Gasteiger partial charge on any atom is 0.215 e. The molecule has 0 saturated heterocycles. The zero-order valence-corrected chi connectivity index (χ0v) is 12.7. The Morgan fingerprint density at radius 3 is 2.90 bits per heavy atom. The highest BCUT2D eigenvalue weighted by molar-refractivity contribution is 7.88. The molecule has 0 unspecified atom stereocenters. The standard InChI is InChI=1S/C14H21N3O2S/c1-15-20(18,19)10-11-4-5-14-13(8-11)12(9-16-14)6-7-17(2)3/h4-5,8-9,15-16H,6-7,10H2,1-3H3/i9D/hD2. The summed E-state index contributed by atoms with van der Waals surface area (Å²) in [7, 11) is 1.38. The average molecular weight is 298 g/mol. The van der Waals surface area contributed by atoms with Crippen LogP contribution in [0.3, 0.4) is 0 Å². The first-order chi connectivity index (χ1) is 10.6. The SMILES string of the molecule is [2H]c1c(CCN(C)C)c2cc(CS(=O)(=O)N([2H])C)ccc2n1[2H]. The Morgan fingerprint density at radius 2 is 2.25 bits per heavy atom. The fourth-order valence-corrected chi connectivity index (χ4v) is 2.73. The van der Waals surface area contributed by atoms with Crippen LogP contribution in [0.15, 0.2) is 24.4 Å². The van der Waals surface area contributed by atoms with E-state index in [0.29, 0.717) is 22.2 Å². The van der Waals surface area contributed by atoms with Crippen molar-refractivity contribution in [3.05, 3.63) is 35.5 Å². The number of H-pyrrole nitrogens is 1. The molecule has 1 heterocycles. The average Bonchev–Trinajstić information content (AvgIpc) is 2.68. The summed E-state index contributed by atoms with van der Waals surface area (Å²) in [4.78, 5) is 3.06. The first kappa shape index (κ1) is 11.3. The van der Waals surface area contributed by atoms with E-state index in [-0.39, 0.29) is 11.9 Å². The molecule has 1 aromatic heterocycles. The van der Waals surface area contributed by atoms with Crippen molar-refractivity contribution in [1.29, 1.82) is 0 Å². The zero-order valence-electron chi connectivity index (χ0n) is 14.9. The van der Waals surface area contributed by atoms with Crippen molar-refractivity contribution >= 4 is 20.9 Å². The van der Waals surface area contributed by atoms with Gasteiger partial charge in [0.1, 0.15) is 1.41 Å². The number of benzene rings is 1. The molecule has 2 rings (SSSR count).